The molecule has 2 aromatic rings. The van der Waals surface area contributed by atoms with Crippen LogP contribution in [-0.2, 0) is 11.3 Å². The Labute approximate surface area is 164 Å². The van der Waals surface area contributed by atoms with E-state index < -0.39 is 5.91 Å². The van der Waals surface area contributed by atoms with E-state index in [1.165, 1.54) is 19.3 Å². The van der Waals surface area contributed by atoms with Gasteiger partial charge in [0.15, 0.2) is 0 Å². The van der Waals surface area contributed by atoms with Gasteiger partial charge in [-0.05, 0) is 25.7 Å². The van der Waals surface area contributed by atoms with Crippen LogP contribution in [0.2, 0.25) is 0 Å². The molecule has 2 aliphatic rings. The number of piperidine rings is 1. The third-order valence-electron chi connectivity index (χ3n) is 6.06. The Kier molecular flexibility index (Phi) is 5.45. The molecule has 150 valence electrons. The maximum Gasteiger partial charge on any atom is 0.257 e. The Hall–Kier alpha value is -2.64. The van der Waals surface area contributed by atoms with Crippen LogP contribution in [0.15, 0.2) is 18.6 Å². The molecular formula is C20H28N6O2. The summed E-state index contributed by atoms with van der Waals surface area (Å²) in [5.74, 6) is 1.00. The summed E-state index contributed by atoms with van der Waals surface area (Å²) in [6.07, 6.45) is 13.0. The molecule has 0 spiro atoms. The number of nitrogens with zero attached hydrogens (tertiary/aromatic N) is 4. The molecular weight excluding hydrogens is 356 g/mol. The van der Waals surface area contributed by atoms with Gasteiger partial charge in [0.05, 0.1) is 17.5 Å². The van der Waals surface area contributed by atoms with E-state index in [1.54, 1.807) is 23.2 Å². The lowest BCUT2D eigenvalue weighted by Gasteiger charge is -2.33. The number of nitrogens with two attached hydrogens (primary N) is 1. The van der Waals surface area contributed by atoms with E-state index in [2.05, 4.69) is 15.2 Å². The van der Waals surface area contributed by atoms with Crippen LogP contribution in [0.3, 0.4) is 0 Å². The third kappa shape index (κ3) is 3.81. The number of carbonyl (C=O) groups excluding carboxylic acids is 2. The fraction of sp³-hybridized carbons (Fsp3) is 0.600. The van der Waals surface area contributed by atoms with E-state index in [4.69, 9.17) is 5.73 Å². The molecule has 1 atom stereocenters. The highest BCUT2D eigenvalue weighted by atomic mass is 16.2. The molecule has 0 radical (unpaired) electrons. The number of rotatable bonds is 5. The van der Waals surface area contributed by atoms with Crippen LogP contribution in [0.25, 0.3) is 0 Å². The van der Waals surface area contributed by atoms with Gasteiger partial charge in [0.25, 0.3) is 5.91 Å². The van der Waals surface area contributed by atoms with Crippen LogP contribution in [0.4, 0.5) is 0 Å². The highest BCUT2D eigenvalue weighted by molar-refractivity contribution is 5.95. The van der Waals surface area contributed by atoms with Gasteiger partial charge in [-0.15, -0.1) is 0 Å². The number of nitrogens with one attached hydrogen (secondary N) is 1. The zero-order chi connectivity index (χ0) is 19.5. The van der Waals surface area contributed by atoms with Crippen LogP contribution in [0.1, 0.15) is 78.7 Å². The molecule has 1 saturated heterocycles. The Bertz CT molecular complexity index is 835. The first kappa shape index (κ1) is 18.7. The fourth-order valence-corrected chi connectivity index (χ4v) is 4.69. The average Bonchev–Trinajstić information content (AvgIpc) is 3.37. The standard InChI is InChI=1S/C20H28N6O2/c21-17(27)13-25-10-8-22-19(25)15-7-4-9-26(12-15)20(28)16-11-23-24-18(16)14-5-2-1-3-6-14/h8,10-11,14-15H,1-7,9,12-13H2,(H2,21,27)(H,23,24)/t15-/m1/s1. The fourth-order valence-electron chi connectivity index (χ4n) is 4.69. The second-order valence-electron chi connectivity index (χ2n) is 8.00. The van der Waals surface area contributed by atoms with Gasteiger partial charge in [0.2, 0.25) is 5.91 Å². The summed E-state index contributed by atoms with van der Waals surface area (Å²) in [6.45, 7) is 1.46. The second-order valence-corrected chi connectivity index (χ2v) is 8.00. The van der Waals surface area contributed by atoms with Crippen LogP contribution >= 0.6 is 0 Å². The summed E-state index contributed by atoms with van der Waals surface area (Å²) in [4.78, 5) is 30.9. The highest BCUT2D eigenvalue weighted by Crippen LogP contribution is 2.34. The number of carbonyl (C=O) groups is 2. The van der Waals surface area contributed by atoms with Gasteiger partial charge in [-0.3, -0.25) is 14.7 Å². The third-order valence-corrected chi connectivity index (χ3v) is 6.06. The lowest BCUT2D eigenvalue weighted by Crippen LogP contribution is -2.40. The van der Waals surface area contributed by atoms with E-state index >= 15 is 0 Å². The zero-order valence-electron chi connectivity index (χ0n) is 16.1. The lowest BCUT2D eigenvalue weighted by atomic mass is 9.85. The Balaban J connectivity index is 1.50. The molecule has 2 aromatic heterocycles. The van der Waals surface area contributed by atoms with E-state index in [-0.39, 0.29) is 18.4 Å². The van der Waals surface area contributed by atoms with Gasteiger partial charge in [0.1, 0.15) is 12.4 Å². The molecule has 2 amide bonds. The summed E-state index contributed by atoms with van der Waals surface area (Å²) in [5, 5.41) is 7.29. The molecule has 0 aromatic carbocycles. The van der Waals surface area contributed by atoms with Crippen LogP contribution in [0.5, 0.6) is 0 Å². The quantitative estimate of drug-likeness (QED) is 0.823. The van der Waals surface area contributed by atoms with E-state index in [0.29, 0.717) is 18.0 Å². The van der Waals surface area contributed by atoms with E-state index in [0.717, 1.165) is 43.7 Å². The summed E-state index contributed by atoms with van der Waals surface area (Å²) >= 11 is 0. The summed E-state index contributed by atoms with van der Waals surface area (Å²) in [5.41, 5.74) is 7.06. The highest BCUT2D eigenvalue weighted by Gasteiger charge is 2.31. The summed E-state index contributed by atoms with van der Waals surface area (Å²) in [7, 11) is 0. The number of hydrogen-bond donors (Lipinski definition) is 2. The van der Waals surface area contributed by atoms with Gasteiger partial charge in [-0.2, -0.15) is 5.10 Å². The molecule has 8 heteroatoms. The summed E-state index contributed by atoms with van der Waals surface area (Å²) in [6, 6.07) is 0. The van der Waals surface area contributed by atoms with E-state index in [9.17, 15) is 9.59 Å². The number of primary amides is 1. The molecule has 1 aliphatic heterocycles. The van der Waals surface area contributed by atoms with Crippen molar-refractivity contribution in [1.82, 2.24) is 24.6 Å². The molecule has 0 unspecified atom stereocenters. The number of imidazole rings is 1. The average molecular weight is 384 g/mol. The van der Waals surface area contributed by atoms with Crippen molar-refractivity contribution < 1.29 is 9.59 Å². The normalized spacial score (nSPS) is 21.0. The van der Waals surface area contributed by atoms with Crippen molar-refractivity contribution >= 4 is 11.8 Å². The van der Waals surface area contributed by atoms with Crippen LogP contribution < -0.4 is 5.73 Å². The van der Waals surface area contributed by atoms with Crippen molar-refractivity contribution in [2.75, 3.05) is 13.1 Å². The molecule has 3 heterocycles. The molecule has 4 rings (SSSR count). The lowest BCUT2D eigenvalue weighted by molar-refractivity contribution is -0.118. The zero-order valence-corrected chi connectivity index (χ0v) is 16.1. The molecule has 3 N–H and O–H groups in total. The molecule has 0 bridgehead atoms. The maximum absolute atomic E-state index is 13.3. The monoisotopic (exact) mass is 384 g/mol. The Morgan fingerprint density at radius 3 is 2.71 bits per heavy atom. The Morgan fingerprint density at radius 1 is 1.14 bits per heavy atom. The van der Waals surface area contributed by atoms with Crippen molar-refractivity contribution in [3.63, 3.8) is 0 Å². The SMILES string of the molecule is NC(=O)Cn1ccnc1[C@@H]1CCCN(C(=O)c2cn[nH]c2C2CCCCC2)C1. The van der Waals surface area contributed by atoms with Crippen LogP contribution in [0, 0.1) is 0 Å². The topological polar surface area (TPSA) is 110 Å². The van der Waals surface area contributed by atoms with Crippen LogP contribution in [-0.4, -0.2) is 49.6 Å². The predicted molar refractivity (Wildman–Crippen MR) is 104 cm³/mol. The molecule has 8 nitrogen and oxygen atoms in total. The van der Waals surface area contributed by atoms with Crippen molar-refractivity contribution in [1.29, 1.82) is 0 Å². The molecule has 2 fully saturated rings. The van der Waals surface area contributed by atoms with Gasteiger partial charge >= 0.3 is 0 Å². The maximum atomic E-state index is 13.3. The number of H-pyrrole nitrogens is 1. The first-order valence-electron chi connectivity index (χ1n) is 10.3. The predicted octanol–water partition coefficient (Wildman–Crippen LogP) is 2.16. The molecule has 28 heavy (non-hydrogen) atoms. The number of aromatic amines is 1. The van der Waals surface area contributed by atoms with E-state index in [1.807, 2.05) is 4.90 Å². The van der Waals surface area contributed by atoms with Gasteiger partial charge < -0.3 is 15.2 Å². The molecule has 1 aliphatic carbocycles. The number of hydrogen-bond acceptors (Lipinski definition) is 4. The number of amides is 2. The van der Waals surface area contributed by atoms with Gasteiger partial charge in [-0.25, -0.2) is 4.98 Å². The first-order chi connectivity index (χ1) is 13.6. The van der Waals surface area contributed by atoms with Gasteiger partial charge in [-0.1, -0.05) is 19.3 Å². The Morgan fingerprint density at radius 2 is 1.93 bits per heavy atom. The van der Waals surface area contributed by atoms with Crippen molar-refractivity contribution in [3.8, 4) is 0 Å². The minimum atomic E-state index is -0.390. The van der Waals surface area contributed by atoms with Crippen molar-refractivity contribution in [2.24, 2.45) is 5.73 Å². The largest absolute Gasteiger partial charge is 0.368 e. The smallest absolute Gasteiger partial charge is 0.257 e. The van der Waals surface area contributed by atoms with Gasteiger partial charge in [0, 0.05) is 37.3 Å². The molecule has 1 saturated carbocycles. The number of likely N-dealkylation sites (tertiary alicyclic amines) is 1. The number of aromatic nitrogens is 4. The first-order valence-corrected chi connectivity index (χ1v) is 10.3. The van der Waals surface area contributed by atoms with Crippen molar-refractivity contribution in [3.05, 3.63) is 35.7 Å². The second kappa shape index (κ2) is 8.16. The minimum Gasteiger partial charge on any atom is -0.368 e. The summed E-state index contributed by atoms with van der Waals surface area (Å²) < 4.78 is 1.80. The van der Waals surface area contributed by atoms with Crippen molar-refractivity contribution in [2.45, 2.75) is 63.3 Å². The minimum absolute atomic E-state index is 0.0482.